The van der Waals surface area contributed by atoms with E-state index >= 15 is 0 Å². The van der Waals surface area contributed by atoms with Crippen molar-refractivity contribution in [2.45, 2.75) is 43.1 Å². The molecule has 0 unspecified atom stereocenters. The quantitative estimate of drug-likeness (QED) is 0.427. The van der Waals surface area contributed by atoms with Gasteiger partial charge in [0.1, 0.15) is 34.4 Å². The second-order valence-electron chi connectivity index (χ2n) is 9.38. The fourth-order valence-electron chi connectivity index (χ4n) is 4.78. The van der Waals surface area contributed by atoms with Gasteiger partial charge in [-0.05, 0) is 54.8 Å². The highest BCUT2D eigenvalue weighted by atomic mass is 32.2. The maximum Gasteiger partial charge on any atom is 0.246 e. The second-order valence-corrected chi connectivity index (χ2v) is 11.3. The van der Waals surface area contributed by atoms with Crippen molar-refractivity contribution in [3.05, 3.63) is 65.6 Å². The molecule has 0 N–H and O–H groups in total. The van der Waals surface area contributed by atoms with E-state index in [1.54, 1.807) is 36.5 Å². The summed E-state index contributed by atoms with van der Waals surface area (Å²) in [6, 6.07) is 14.6. The van der Waals surface area contributed by atoms with Crippen molar-refractivity contribution in [2.75, 3.05) is 33.4 Å². The van der Waals surface area contributed by atoms with Crippen LogP contribution in [0.2, 0.25) is 0 Å². The van der Waals surface area contributed by atoms with E-state index in [1.165, 1.54) is 11.4 Å². The number of aromatic nitrogens is 2. The Morgan fingerprint density at radius 1 is 1.08 bits per heavy atom. The predicted molar refractivity (Wildman–Crippen MR) is 140 cm³/mol. The minimum atomic E-state index is -3.60. The van der Waals surface area contributed by atoms with Gasteiger partial charge in [0.05, 0.1) is 31.6 Å². The zero-order chi connectivity index (χ0) is 26.5. The van der Waals surface area contributed by atoms with E-state index in [-0.39, 0.29) is 11.0 Å². The van der Waals surface area contributed by atoms with Crippen molar-refractivity contribution in [2.24, 2.45) is 0 Å². The van der Waals surface area contributed by atoms with Gasteiger partial charge >= 0.3 is 0 Å². The van der Waals surface area contributed by atoms with Crippen LogP contribution >= 0.6 is 0 Å². The Morgan fingerprint density at radius 2 is 1.87 bits per heavy atom. The van der Waals surface area contributed by atoms with Crippen LogP contribution in [0.3, 0.4) is 0 Å². The molecule has 0 bridgehead atoms. The maximum atomic E-state index is 13.1. The molecule has 38 heavy (non-hydrogen) atoms. The van der Waals surface area contributed by atoms with Gasteiger partial charge in [-0.3, -0.25) is 0 Å². The van der Waals surface area contributed by atoms with Gasteiger partial charge in [-0.15, -0.1) is 0 Å². The molecule has 0 atom stereocenters. The Kier molecular flexibility index (Phi) is 7.88. The molecule has 0 saturated carbocycles. The Hall–Kier alpha value is -3.52. The van der Waals surface area contributed by atoms with E-state index in [4.69, 9.17) is 19.2 Å². The van der Waals surface area contributed by atoms with E-state index in [2.05, 4.69) is 11.1 Å². The van der Waals surface area contributed by atoms with Crippen molar-refractivity contribution < 1.29 is 22.6 Å². The van der Waals surface area contributed by atoms with E-state index in [9.17, 15) is 13.7 Å². The summed E-state index contributed by atoms with van der Waals surface area (Å²) in [4.78, 5) is 9.28. The van der Waals surface area contributed by atoms with Crippen LogP contribution in [0.4, 0.5) is 0 Å². The monoisotopic (exact) mass is 534 g/mol. The maximum absolute atomic E-state index is 13.1. The molecule has 2 saturated heterocycles. The normalized spacial score (nSPS) is 16.7. The molecule has 2 aromatic carbocycles. The molecular formula is C28H30N4O5S. The number of rotatable bonds is 8. The summed E-state index contributed by atoms with van der Waals surface area (Å²) >= 11 is 0. The van der Waals surface area contributed by atoms with E-state index in [0.717, 1.165) is 36.8 Å². The summed E-state index contributed by atoms with van der Waals surface area (Å²) in [6.45, 7) is 2.39. The highest BCUT2D eigenvalue weighted by Gasteiger charge is 2.30. The summed E-state index contributed by atoms with van der Waals surface area (Å²) in [5.41, 5.74) is 2.75. The van der Waals surface area contributed by atoms with Gasteiger partial charge in [-0.2, -0.15) is 9.57 Å². The van der Waals surface area contributed by atoms with Crippen LogP contribution in [0.15, 0.2) is 53.6 Å². The predicted octanol–water partition coefficient (Wildman–Crippen LogP) is 3.96. The average molecular weight is 535 g/mol. The van der Waals surface area contributed by atoms with Crippen molar-refractivity contribution >= 4 is 10.0 Å². The summed E-state index contributed by atoms with van der Waals surface area (Å²) in [6.07, 6.45) is 5.46. The molecule has 3 aromatic rings. The Morgan fingerprint density at radius 3 is 2.61 bits per heavy atom. The zero-order valence-corrected chi connectivity index (χ0v) is 22.1. The molecule has 10 heteroatoms. The van der Waals surface area contributed by atoms with Gasteiger partial charge in [0.25, 0.3) is 0 Å². The van der Waals surface area contributed by atoms with Gasteiger partial charge in [0.2, 0.25) is 10.0 Å². The topological polar surface area (TPSA) is 115 Å². The summed E-state index contributed by atoms with van der Waals surface area (Å²) < 4.78 is 44.5. The third-order valence-electron chi connectivity index (χ3n) is 6.84. The second kappa shape index (κ2) is 11.5. The van der Waals surface area contributed by atoms with Crippen LogP contribution in [0.1, 0.15) is 42.6 Å². The SMILES string of the molecule is COc1cc(Cc2nccc(-c3ccc(OC4CCOCC4)c(C#N)c3)n2)ccc1S(=O)(=O)N1CCCC1. The highest BCUT2D eigenvalue weighted by Crippen LogP contribution is 2.31. The highest BCUT2D eigenvalue weighted by molar-refractivity contribution is 7.89. The first-order chi connectivity index (χ1) is 18.5. The first-order valence-corrected chi connectivity index (χ1v) is 14.2. The van der Waals surface area contributed by atoms with E-state index in [1.807, 2.05) is 12.1 Å². The molecular weight excluding hydrogens is 504 g/mol. The fourth-order valence-corrected chi connectivity index (χ4v) is 6.44. The van der Waals surface area contributed by atoms with E-state index in [0.29, 0.717) is 61.3 Å². The standard InChI is InChI=1S/C28H30N4O5S/c1-35-26-16-20(4-7-27(26)38(33,34)32-12-2-3-13-32)17-28-30-11-8-24(31-28)21-5-6-25(22(18-21)19-29)37-23-9-14-36-15-10-23/h4-8,11,16,18,23H,2-3,9-10,12-15,17H2,1H3. The third-order valence-corrected chi connectivity index (χ3v) is 8.77. The lowest BCUT2D eigenvalue weighted by atomic mass is 10.1. The number of nitrogens with zero attached hydrogens (tertiary/aromatic N) is 4. The van der Waals surface area contributed by atoms with Gasteiger partial charge in [0.15, 0.2) is 0 Å². The lowest BCUT2D eigenvalue weighted by Crippen LogP contribution is -2.28. The molecule has 2 aliphatic heterocycles. The number of ether oxygens (including phenoxy) is 3. The van der Waals surface area contributed by atoms with Crippen LogP contribution in [-0.4, -0.2) is 62.2 Å². The van der Waals surface area contributed by atoms with Crippen LogP contribution < -0.4 is 9.47 Å². The molecule has 0 amide bonds. The molecule has 2 aliphatic rings. The Labute approximate surface area is 223 Å². The fraction of sp³-hybridized carbons (Fsp3) is 0.393. The number of hydrogen-bond acceptors (Lipinski definition) is 8. The molecule has 9 nitrogen and oxygen atoms in total. The van der Waals surface area contributed by atoms with Crippen LogP contribution in [-0.2, 0) is 21.2 Å². The van der Waals surface area contributed by atoms with Crippen LogP contribution in [0.5, 0.6) is 11.5 Å². The third kappa shape index (κ3) is 5.65. The van der Waals surface area contributed by atoms with Crippen LogP contribution in [0, 0.1) is 11.3 Å². The first kappa shape index (κ1) is 26.1. The van der Waals surface area contributed by atoms with Crippen molar-refractivity contribution in [1.82, 2.24) is 14.3 Å². The summed E-state index contributed by atoms with van der Waals surface area (Å²) in [5.74, 6) is 1.44. The largest absolute Gasteiger partial charge is 0.495 e. The minimum absolute atomic E-state index is 0.0427. The van der Waals surface area contributed by atoms with Gasteiger partial charge in [0, 0.05) is 44.1 Å². The molecule has 1 aromatic heterocycles. The Bertz CT molecular complexity index is 1440. The smallest absolute Gasteiger partial charge is 0.246 e. The van der Waals surface area contributed by atoms with E-state index < -0.39 is 10.0 Å². The number of nitriles is 1. The first-order valence-electron chi connectivity index (χ1n) is 12.8. The average Bonchev–Trinajstić information content (AvgIpc) is 3.50. The molecule has 5 rings (SSSR count). The van der Waals surface area contributed by atoms with Crippen molar-refractivity contribution in [3.8, 4) is 28.8 Å². The van der Waals surface area contributed by atoms with Gasteiger partial charge < -0.3 is 14.2 Å². The number of methoxy groups -OCH3 is 1. The molecule has 3 heterocycles. The molecule has 0 aliphatic carbocycles. The molecule has 2 fully saturated rings. The minimum Gasteiger partial charge on any atom is -0.495 e. The molecule has 0 radical (unpaired) electrons. The number of sulfonamides is 1. The number of benzene rings is 2. The summed E-state index contributed by atoms with van der Waals surface area (Å²) in [5, 5.41) is 9.72. The van der Waals surface area contributed by atoms with Crippen molar-refractivity contribution in [3.63, 3.8) is 0 Å². The summed E-state index contributed by atoms with van der Waals surface area (Å²) in [7, 11) is -2.13. The zero-order valence-electron chi connectivity index (χ0n) is 21.3. The lowest BCUT2D eigenvalue weighted by molar-refractivity contribution is 0.0254. The Balaban J connectivity index is 1.35. The van der Waals surface area contributed by atoms with Gasteiger partial charge in [-0.25, -0.2) is 18.4 Å². The van der Waals surface area contributed by atoms with Gasteiger partial charge in [-0.1, -0.05) is 6.07 Å². The van der Waals surface area contributed by atoms with Crippen molar-refractivity contribution in [1.29, 1.82) is 5.26 Å². The van der Waals surface area contributed by atoms with Crippen LogP contribution in [0.25, 0.3) is 11.3 Å². The lowest BCUT2D eigenvalue weighted by Gasteiger charge is -2.23. The number of hydrogen-bond donors (Lipinski definition) is 0. The molecule has 0 spiro atoms. The molecule has 198 valence electrons.